The van der Waals surface area contributed by atoms with E-state index >= 15 is 0 Å². The van der Waals surface area contributed by atoms with E-state index in [0.717, 1.165) is 12.8 Å². The molecule has 0 aromatic heterocycles. The fourth-order valence-corrected chi connectivity index (χ4v) is 3.76. The van der Waals surface area contributed by atoms with Gasteiger partial charge < -0.3 is 14.7 Å². The van der Waals surface area contributed by atoms with Gasteiger partial charge in [0.15, 0.2) is 0 Å². The second-order valence-electron chi connectivity index (χ2n) is 8.35. The molecule has 0 heterocycles. The summed E-state index contributed by atoms with van der Waals surface area (Å²) in [6.45, 7) is 16.5. The van der Waals surface area contributed by atoms with Crippen molar-refractivity contribution in [3.8, 4) is 0 Å². The minimum atomic E-state index is -0.405. The summed E-state index contributed by atoms with van der Waals surface area (Å²) in [7, 11) is 0. The molecule has 140 valence electrons. The summed E-state index contributed by atoms with van der Waals surface area (Å²) in [4.78, 5) is 14.3. The summed E-state index contributed by atoms with van der Waals surface area (Å²) < 4.78 is 5.70. The number of rotatable bonds is 6. The van der Waals surface area contributed by atoms with E-state index in [0.29, 0.717) is 17.6 Å². The summed E-state index contributed by atoms with van der Waals surface area (Å²) in [5.41, 5.74) is 0. The predicted molar refractivity (Wildman–Crippen MR) is 98.6 cm³/mol. The quantitative estimate of drug-likeness (QED) is 0.754. The van der Waals surface area contributed by atoms with Crippen molar-refractivity contribution in [2.24, 2.45) is 23.7 Å². The maximum atomic E-state index is 12.5. The average molecular weight is 340 g/mol. The van der Waals surface area contributed by atoms with Gasteiger partial charge in [0.2, 0.25) is 0 Å². The fraction of sp³-hybridized carbons (Fsp3) is 0.850. The molecule has 0 aliphatic heterocycles. The van der Waals surface area contributed by atoms with Crippen LogP contribution in [0.1, 0.15) is 68.2 Å². The molecule has 0 bridgehead atoms. The van der Waals surface area contributed by atoms with Crippen molar-refractivity contribution >= 4 is 6.09 Å². The molecule has 1 N–H and O–H groups in total. The lowest BCUT2D eigenvalue weighted by molar-refractivity contribution is 0.0320. The maximum Gasteiger partial charge on any atom is 0.415 e. The van der Waals surface area contributed by atoms with Gasteiger partial charge in [-0.15, -0.1) is 0 Å². The normalized spacial score (nSPS) is 23.0. The van der Waals surface area contributed by atoms with Crippen LogP contribution >= 0.6 is 0 Å². The largest absolute Gasteiger partial charge is 0.415 e. The summed E-state index contributed by atoms with van der Waals surface area (Å²) in [5, 5.41) is 10.6. The Labute approximate surface area is 148 Å². The van der Waals surface area contributed by atoms with Crippen LogP contribution in [0.2, 0.25) is 0 Å². The van der Waals surface area contributed by atoms with Gasteiger partial charge in [0.1, 0.15) is 5.76 Å². The molecule has 0 saturated heterocycles. The number of carbonyl (C=O) groups is 1. The number of carbonyl (C=O) groups excluding carboxylic acids is 1. The minimum absolute atomic E-state index is 0.0492. The second-order valence-corrected chi connectivity index (χ2v) is 8.35. The topological polar surface area (TPSA) is 49.8 Å². The van der Waals surface area contributed by atoms with Gasteiger partial charge in [0.05, 0.1) is 6.10 Å². The summed E-state index contributed by atoms with van der Waals surface area (Å²) >= 11 is 0. The first-order chi connectivity index (χ1) is 11.1. The predicted octanol–water partition coefficient (Wildman–Crippen LogP) is 4.82. The van der Waals surface area contributed by atoms with E-state index in [-0.39, 0.29) is 30.0 Å². The van der Waals surface area contributed by atoms with Gasteiger partial charge in [-0.05, 0) is 57.9 Å². The molecule has 0 unspecified atom stereocenters. The summed E-state index contributed by atoms with van der Waals surface area (Å²) in [6.07, 6.45) is 3.04. The van der Waals surface area contributed by atoms with Crippen molar-refractivity contribution in [1.29, 1.82) is 0 Å². The first-order valence-corrected chi connectivity index (χ1v) is 9.45. The Kier molecular flexibility index (Phi) is 7.78. The lowest BCUT2D eigenvalue weighted by Crippen LogP contribution is -2.42. The first-order valence-electron chi connectivity index (χ1n) is 9.45. The molecule has 4 nitrogen and oxygen atoms in total. The van der Waals surface area contributed by atoms with E-state index in [2.05, 4.69) is 13.8 Å². The molecule has 0 fully saturated rings. The fourth-order valence-electron chi connectivity index (χ4n) is 3.76. The summed E-state index contributed by atoms with van der Waals surface area (Å²) in [6, 6.07) is 0.198. The van der Waals surface area contributed by atoms with Crippen molar-refractivity contribution in [1.82, 2.24) is 4.90 Å². The molecule has 4 heteroatoms. The Morgan fingerprint density at radius 1 is 1.12 bits per heavy atom. The third-order valence-corrected chi connectivity index (χ3v) is 5.07. The first kappa shape index (κ1) is 21.0. The zero-order valence-corrected chi connectivity index (χ0v) is 16.7. The van der Waals surface area contributed by atoms with Crippen LogP contribution in [0.5, 0.6) is 0 Å². The van der Waals surface area contributed by atoms with Gasteiger partial charge >= 0.3 is 6.09 Å². The van der Waals surface area contributed by atoms with Crippen molar-refractivity contribution in [2.75, 3.05) is 0 Å². The number of amides is 1. The van der Waals surface area contributed by atoms with Gasteiger partial charge in [-0.3, -0.25) is 0 Å². The Hall–Kier alpha value is -1.03. The van der Waals surface area contributed by atoms with Crippen LogP contribution in [-0.2, 0) is 4.74 Å². The summed E-state index contributed by atoms with van der Waals surface area (Å²) in [5.74, 6) is 1.88. The van der Waals surface area contributed by atoms with E-state index in [9.17, 15) is 9.90 Å². The average Bonchev–Trinajstić information content (AvgIpc) is 2.44. The molecule has 0 radical (unpaired) electrons. The zero-order chi connectivity index (χ0) is 18.6. The third-order valence-electron chi connectivity index (χ3n) is 5.07. The van der Waals surface area contributed by atoms with E-state index in [1.807, 2.05) is 47.6 Å². The number of nitrogens with zero attached hydrogens (tertiary/aromatic N) is 1. The van der Waals surface area contributed by atoms with Crippen LogP contribution in [-0.4, -0.2) is 34.3 Å². The molecule has 1 aliphatic carbocycles. The third kappa shape index (κ3) is 5.23. The van der Waals surface area contributed by atoms with Gasteiger partial charge in [0, 0.05) is 24.4 Å². The Balaban J connectivity index is 2.95. The van der Waals surface area contributed by atoms with E-state index in [1.165, 1.54) is 0 Å². The smallest absolute Gasteiger partial charge is 0.415 e. The van der Waals surface area contributed by atoms with Crippen LogP contribution < -0.4 is 0 Å². The molecule has 1 aliphatic rings. The number of hydrogen-bond donors (Lipinski definition) is 1. The Morgan fingerprint density at radius 3 is 2.08 bits per heavy atom. The molecular formula is C20H37NO3. The standard InChI is InChI=1S/C20H37NO3/c1-12(2)17-10-9-16(11-18(17)19(22)13(3)4)24-20(23)21(14(5)6)15(7)8/h11-15,17-19,22H,9-10H2,1-8H3/t17-,18+,19+/m1/s1. The molecule has 0 spiro atoms. The zero-order valence-electron chi connectivity index (χ0n) is 16.7. The molecule has 0 saturated carbocycles. The number of allylic oxidation sites excluding steroid dienone is 1. The minimum Gasteiger partial charge on any atom is -0.415 e. The number of aliphatic hydroxyl groups is 1. The van der Waals surface area contributed by atoms with Gasteiger partial charge in [-0.1, -0.05) is 27.7 Å². The molecular weight excluding hydrogens is 302 g/mol. The Morgan fingerprint density at radius 2 is 1.67 bits per heavy atom. The molecule has 0 aromatic carbocycles. The molecule has 1 amide bonds. The van der Waals surface area contributed by atoms with Crippen molar-refractivity contribution in [2.45, 2.75) is 86.4 Å². The van der Waals surface area contributed by atoms with Crippen LogP contribution in [0.15, 0.2) is 11.8 Å². The lowest BCUT2D eigenvalue weighted by Gasteiger charge is -2.37. The monoisotopic (exact) mass is 339 g/mol. The SMILES string of the molecule is CC(C)[C@H]1CCC(OC(=O)N(C(C)C)C(C)C)=C[C@@H]1[C@@H](O)C(C)C. The highest BCUT2D eigenvalue weighted by Gasteiger charge is 2.35. The van der Waals surface area contributed by atoms with Gasteiger partial charge in [0.25, 0.3) is 0 Å². The molecule has 1 rings (SSSR count). The van der Waals surface area contributed by atoms with Crippen molar-refractivity contribution in [3.05, 3.63) is 11.8 Å². The van der Waals surface area contributed by atoms with Gasteiger partial charge in [-0.25, -0.2) is 4.79 Å². The van der Waals surface area contributed by atoms with Crippen molar-refractivity contribution < 1.29 is 14.6 Å². The number of ether oxygens (including phenoxy) is 1. The molecule has 3 atom stereocenters. The van der Waals surface area contributed by atoms with Crippen LogP contribution in [0, 0.1) is 23.7 Å². The van der Waals surface area contributed by atoms with Crippen LogP contribution in [0.25, 0.3) is 0 Å². The Bertz CT molecular complexity index is 432. The van der Waals surface area contributed by atoms with E-state index < -0.39 is 6.10 Å². The van der Waals surface area contributed by atoms with Crippen LogP contribution in [0.4, 0.5) is 4.79 Å². The number of hydrogen-bond acceptors (Lipinski definition) is 3. The van der Waals surface area contributed by atoms with Crippen molar-refractivity contribution in [3.63, 3.8) is 0 Å². The lowest BCUT2D eigenvalue weighted by atomic mass is 9.72. The molecule has 0 aromatic rings. The van der Waals surface area contributed by atoms with E-state index in [4.69, 9.17) is 4.74 Å². The highest BCUT2D eigenvalue weighted by molar-refractivity contribution is 5.69. The highest BCUT2D eigenvalue weighted by Crippen LogP contribution is 2.38. The molecule has 24 heavy (non-hydrogen) atoms. The van der Waals surface area contributed by atoms with Gasteiger partial charge in [-0.2, -0.15) is 0 Å². The number of aliphatic hydroxyl groups excluding tert-OH is 1. The highest BCUT2D eigenvalue weighted by atomic mass is 16.6. The maximum absolute atomic E-state index is 12.5. The van der Waals surface area contributed by atoms with Crippen LogP contribution in [0.3, 0.4) is 0 Å². The van der Waals surface area contributed by atoms with E-state index in [1.54, 1.807) is 4.90 Å². The second kappa shape index (κ2) is 8.89.